The van der Waals surface area contributed by atoms with Crippen molar-refractivity contribution in [3.05, 3.63) is 30.0 Å². The first kappa shape index (κ1) is 13.4. The number of nitrogens with zero attached hydrogens (tertiary/aromatic N) is 2. The Hall–Kier alpha value is -1.00. The average Bonchev–Trinajstić information content (AvgIpc) is 2.77. The Morgan fingerprint density at radius 3 is 2.89 bits per heavy atom. The summed E-state index contributed by atoms with van der Waals surface area (Å²) in [5, 5.41) is 14.9. The van der Waals surface area contributed by atoms with E-state index in [9.17, 15) is 0 Å². The van der Waals surface area contributed by atoms with Gasteiger partial charge in [0.15, 0.2) is 0 Å². The van der Waals surface area contributed by atoms with Crippen molar-refractivity contribution in [1.82, 2.24) is 9.78 Å². The minimum atomic E-state index is 0.261. The van der Waals surface area contributed by atoms with Gasteiger partial charge in [-0.05, 0) is 24.7 Å². The van der Waals surface area contributed by atoms with Crippen LogP contribution in [0, 0.1) is 5.92 Å². The Labute approximate surface area is 112 Å². The summed E-state index contributed by atoms with van der Waals surface area (Å²) in [5.74, 6) is 2.25. The second kappa shape index (κ2) is 6.25. The lowest BCUT2D eigenvalue weighted by atomic mass is 10.2. The van der Waals surface area contributed by atoms with Gasteiger partial charge in [-0.25, -0.2) is 0 Å². The van der Waals surface area contributed by atoms with Crippen LogP contribution in [-0.2, 0) is 12.3 Å². The van der Waals surface area contributed by atoms with Crippen molar-refractivity contribution in [3.63, 3.8) is 0 Å². The van der Waals surface area contributed by atoms with E-state index < -0.39 is 0 Å². The molecule has 1 unspecified atom stereocenters. The van der Waals surface area contributed by atoms with Crippen LogP contribution in [0.3, 0.4) is 0 Å². The number of para-hydroxylation sites is 1. The maximum Gasteiger partial charge on any atom is 0.0802 e. The van der Waals surface area contributed by atoms with Gasteiger partial charge in [-0.1, -0.05) is 25.1 Å². The summed E-state index contributed by atoms with van der Waals surface area (Å²) < 4.78 is 2.06. The molecule has 4 heteroatoms. The zero-order valence-electron chi connectivity index (χ0n) is 11.0. The minimum absolute atomic E-state index is 0.261. The van der Waals surface area contributed by atoms with Crippen LogP contribution in [0.15, 0.2) is 24.3 Å². The number of aryl methyl sites for hydroxylation is 1. The van der Waals surface area contributed by atoms with Crippen LogP contribution in [0.1, 0.15) is 19.5 Å². The van der Waals surface area contributed by atoms with Crippen molar-refractivity contribution >= 4 is 22.7 Å². The molecule has 18 heavy (non-hydrogen) atoms. The van der Waals surface area contributed by atoms with Crippen LogP contribution < -0.4 is 0 Å². The van der Waals surface area contributed by atoms with Gasteiger partial charge in [-0.15, -0.1) is 0 Å². The molecule has 1 heterocycles. The van der Waals surface area contributed by atoms with E-state index in [1.54, 1.807) is 0 Å². The predicted octanol–water partition coefficient (Wildman–Crippen LogP) is 2.92. The monoisotopic (exact) mass is 264 g/mol. The fraction of sp³-hybridized carbons (Fsp3) is 0.500. The molecule has 0 saturated carbocycles. The number of hydrogen-bond acceptors (Lipinski definition) is 3. The lowest BCUT2D eigenvalue weighted by Gasteiger charge is -2.05. The molecule has 1 atom stereocenters. The molecular formula is C14H20N2OS. The number of aliphatic hydroxyl groups excluding tert-OH is 1. The molecule has 0 bridgehead atoms. The summed E-state index contributed by atoms with van der Waals surface area (Å²) in [6.45, 7) is 5.34. The van der Waals surface area contributed by atoms with Crippen molar-refractivity contribution in [2.75, 3.05) is 12.4 Å². The Morgan fingerprint density at radius 2 is 2.17 bits per heavy atom. The lowest BCUT2D eigenvalue weighted by molar-refractivity contribution is 0.250. The smallest absolute Gasteiger partial charge is 0.0802 e. The Morgan fingerprint density at radius 1 is 1.39 bits per heavy atom. The van der Waals surface area contributed by atoms with Crippen molar-refractivity contribution in [2.24, 2.45) is 5.92 Å². The molecule has 0 radical (unpaired) electrons. The number of rotatable bonds is 6. The molecule has 0 amide bonds. The van der Waals surface area contributed by atoms with Crippen LogP contribution in [-0.4, -0.2) is 27.2 Å². The van der Waals surface area contributed by atoms with Gasteiger partial charge in [0.05, 0.1) is 11.2 Å². The highest BCUT2D eigenvalue weighted by molar-refractivity contribution is 7.98. The predicted molar refractivity (Wildman–Crippen MR) is 77.8 cm³/mol. The van der Waals surface area contributed by atoms with E-state index in [1.807, 2.05) is 11.8 Å². The molecule has 2 aromatic rings. The SMILES string of the molecule is CCn1nc(CSCC(C)CO)c2ccccc21. The largest absolute Gasteiger partial charge is 0.396 e. The second-order valence-corrected chi connectivity index (χ2v) is 5.61. The van der Waals surface area contributed by atoms with Crippen LogP contribution >= 0.6 is 11.8 Å². The van der Waals surface area contributed by atoms with Gasteiger partial charge >= 0.3 is 0 Å². The summed E-state index contributed by atoms with van der Waals surface area (Å²) in [6, 6.07) is 8.38. The van der Waals surface area contributed by atoms with Crippen molar-refractivity contribution in [3.8, 4) is 0 Å². The fourth-order valence-corrected chi connectivity index (χ4v) is 2.99. The van der Waals surface area contributed by atoms with Gasteiger partial charge in [-0.3, -0.25) is 4.68 Å². The van der Waals surface area contributed by atoms with E-state index >= 15 is 0 Å². The number of benzene rings is 1. The molecule has 0 saturated heterocycles. The van der Waals surface area contributed by atoms with E-state index in [1.165, 1.54) is 10.9 Å². The third-order valence-corrected chi connectivity index (χ3v) is 4.27. The highest BCUT2D eigenvalue weighted by Gasteiger charge is 2.09. The zero-order chi connectivity index (χ0) is 13.0. The molecule has 0 aliphatic heterocycles. The summed E-state index contributed by atoms with van der Waals surface area (Å²) >= 11 is 1.84. The molecule has 0 fully saturated rings. The molecule has 2 rings (SSSR count). The minimum Gasteiger partial charge on any atom is -0.396 e. The Kier molecular flexibility index (Phi) is 4.66. The van der Waals surface area contributed by atoms with Gasteiger partial charge < -0.3 is 5.11 Å². The molecule has 98 valence electrons. The highest BCUT2D eigenvalue weighted by atomic mass is 32.2. The van der Waals surface area contributed by atoms with Crippen LogP contribution in [0.25, 0.3) is 10.9 Å². The van der Waals surface area contributed by atoms with E-state index in [0.717, 1.165) is 23.7 Å². The summed E-state index contributed by atoms with van der Waals surface area (Å²) in [5.41, 5.74) is 2.37. The van der Waals surface area contributed by atoms with Gasteiger partial charge in [0.1, 0.15) is 0 Å². The maximum atomic E-state index is 9.01. The molecule has 1 aromatic heterocycles. The first-order chi connectivity index (χ1) is 8.76. The standard InChI is InChI=1S/C14H20N2OS/c1-3-16-14-7-5-4-6-12(14)13(15-16)10-18-9-11(2)8-17/h4-7,11,17H,3,8-10H2,1-2H3. The van der Waals surface area contributed by atoms with Crippen LogP contribution in [0.4, 0.5) is 0 Å². The maximum absolute atomic E-state index is 9.01. The lowest BCUT2D eigenvalue weighted by Crippen LogP contribution is -2.03. The van der Waals surface area contributed by atoms with Crippen LogP contribution in [0.2, 0.25) is 0 Å². The Bertz CT molecular complexity index is 509. The highest BCUT2D eigenvalue weighted by Crippen LogP contribution is 2.23. The van der Waals surface area contributed by atoms with Gasteiger partial charge in [0.25, 0.3) is 0 Å². The number of aliphatic hydroxyl groups is 1. The summed E-state index contributed by atoms with van der Waals surface area (Å²) in [7, 11) is 0. The second-order valence-electron chi connectivity index (χ2n) is 4.58. The molecule has 1 N–H and O–H groups in total. The van der Waals surface area contributed by atoms with E-state index in [2.05, 4.69) is 47.9 Å². The molecule has 1 aromatic carbocycles. The topological polar surface area (TPSA) is 38.0 Å². The van der Waals surface area contributed by atoms with Gasteiger partial charge in [0.2, 0.25) is 0 Å². The number of fused-ring (bicyclic) bond motifs is 1. The zero-order valence-corrected chi connectivity index (χ0v) is 11.8. The average molecular weight is 264 g/mol. The van der Waals surface area contributed by atoms with Crippen molar-refractivity contribution in [2.45, 2.75) is 26.1 Å². The first-order valence-corrected chi connectivity index (χ1v) is 7.54. The number of thioether (sulfide) groups is 1. The third kappa shape index (κ3) is 2.87. The van der Waals surface area contributed by atoms with E-state index in [4.69, 9.17) is 5.11 Å². The molecule has 3 nitrogen and oxygen atoms in total. The first-order valence-electron chi connectivity index (χ1n) is 6.39. The number of hydrogen-bond donors (Lipinski definition) is 1. The van der Waals surface area contributed by atoms with Gasteiger partial charge in [0, 0.05) is 24.3 Å². The Balaban J connectivity index is 2.13. The normalized spacial score (nSPS) is 13.1. The molecular weight excluding hydrogens is 244 g/mol. The fourth-order valence-electron chi connectivity index (χ4n) is 1.95. The van der Waals surface area contributed by atoms with Crippen molar-refractivity contribution in [1.29, 1.82) is 0 Å². The quantitative estimate of drug-likeness (QED) is 0.871. The van der Waals surface area contributed by atoms with Gasteiger partial charge in [-0.2, -0.15) is 16.9 Å². The van der Waals surface area contributed by atoms with E-state index in [0.29, 0.717) is 5.92 Å². The van der Waals surface area contributed by atoms with E-state index in [-0.39, 0.29) is 6.61 Å². The van der Waals surface area contributed by atoms with Crippen molar-refractivity contribution < 1.29 is 5.11 Å². The molecule has 0 aliphatic carbocycles. The summed E-state index contributed by atoms with van der Waals surface area (Å²) in [6.07, 6.45) is 0. The molecule has 0 aliphatic rings. The number of aromatic nitrogens is 2. The molecule has 0 spiro atoms. The van der Waals surface area contributed by atoms with Crippen LogP contribution in [0.5, 0.6) is 0 Å². The third-order valence-electron chi connectivity index (χ3n) is 2.99. The summed E-state index contributed by atoms with van der Waals surface area (Å²) in [4.78, 5) is 0.